The Morgan fingerprint density at radius 3 is 2.28 bits per heavy atom. The Hall–Kier alpha value is -1.40. The number of aliphatic hydroxyl groups is 1. The van der Waals surface area contributed by atoms with Crippen LogP contribution in [0.15, 0.2) is 30.3 Å². The van der Waals surface area contributed by atoms with Gasteiger partial charge in [0.2, 0.25) is 5.91 Å². The van der Waals surface area contributed by atoms with Crippen molar-refractivity contribution in [2.24, 2.45) is 11.8 Å². The number of rotatable bonds is 4. The summed E-state index contributed by atoms with van der Waals surface area (Å²) < 4.78 is 23.0. The molecular weight excluding hydrogens is 338 g/mol. The number of carbonyl (C=O) groups excluding carboxylic acids is 1. The molecule has 1 aromatic rings. The third-order valence-corrected chi connectivity index (χ3v) is 7.30. The summed E-state index contributed by atoms with van der Waals surface area (Å²) in [4.78, 5) is 14.5. The molecule has 3 rings (SSSR count). The number of nitrogens with zero attached hydrogens (tertiary/aromatic N) is 1. The molecular formula is C19H27NO4S. The lowest BCUT2D eigenvalue weighted by Gasteiger charge is -2.36. The van der Waals surface area contributed by atoms with E-state index in [1.807, 2.05) is 35.2 Å². The number of likely N-dealkylation sites (tertiary alicyclic amines) is 1. The molecule has 6 heteroatoms. The number of sulfone groups is 1. The average Bonchev–Trinajstić information content (AvgIpc) is 2.62. The van der Waals surface area contributed by atoms with E-state index in [-0.39, 0.29) is 35.4 Å². The largest absolute Gasteiger partial charge is 0.392 e. The van der Waals surface area contributed by atoms with Crippen LogP contribution in [0.25, 0.3) is 0 Å². The van der Waals surface area contributed by atoms with Gasteiger partial charge in [0.15, 0.2) is 0 Å². The van der Waals surface area contributed by atoms with Crippen molar-refractivity contribution in [1.29, 1.82) is 0 Å². The molecule has 1 N–H and O–H groups in total. The van der Waals surface area contributed by atoms with Crippen LogP contribution in [0.1, 0.15) is 31.2 Å². The van der Waals surface area contributed by atoms with E-state index in [1.54, 1.807) is 0 Å². The Kier molecular flexibility index (Phi) is 5.79. The number of hydrogen-bond acceptors (Lipinski definition) is 4. The van der Waals surface area contributed by atoms with Crippen LogP contribution in [0.4, 0.5) is 0 Å². The lowest BCUT2D eigenvalue weighted by Crippen LogP contribution is -2.45. The SMILES string of the molecule is O=C(C1CCS(=O)(=O)CC1)N1CCC([C@@H](O)Cc2ccccc2)CC1. The van der Waals surface area contributed by atoms with E-state index in [4.69, 9.17) is 0 Å². The highest BCUT2D eigenvalue weighted by Crippen LogP contribution is 2.27. The summed E-state index contributed by atoms with van der Waals surface area (Å²) in [5.41, 5.74) is 1.14. The van der Waals surface area contributed by atoms with Gasteiger partial charge in [-0.2, -0.15) is 0 Å². The minimum absolute atomic E-state index is 0.103. The summed E-state index contributed by atoms with van der Waals surface area (Å²) in [6.45, 7) is 1.33. The number of hydrogen-bond donors (Lipinski definition) is 1. The van der Waals surface area contributed by atoms with E-state index >= 15 is 0 Å². The Morgan fingerprint density at radius 1 is 1.08 bits per heavy atom. The third-order valence-electron chi connectivity index (χ3n) is 5.59. The summed E-state index contributed by atoms with van der Waals surface area (Å²) in [5, 5.41) is 10.5. The fourth-order valence-corrected chi connectivity index (χ4v) is 5.41. The molecule has 0 radical (unpaired) electrons. The molecule has 0 unspecified atom stereocenters. The van der Waals surface area contributed by atoms with Gasteiger partial charge in [-0.05, 0) is 43.6 Å². The van der Waals surface area contributed by atoms with Crippen molar-refractivity contribution >= 4 is 15.7 Å². The first-order valence-corrected chi connectivity index (χ1v) is 11.0. The van der Waals surface area contributed by atoms with Crippen LogP contribution in [-0.2, 0) is 21.1 Å². The predicted octanol–water partition coefficient (Wildman–Crippen LogP) is 1.65. The Labute approximate surface area is 150 Å². The minimum Gasteiger partial charge on any atom is -0.392 e. The maximum absolute atomic E-state index is 12.6. The molecule has 2 fully saturated rings. The van der Waals surface area contributed by atoms with Crippen LogP contribution in [0, 0.1) is 11.8 Å². The lowest BCUT2D eigenvalue weighted by atomic mass is 9.87. The first kappa shape index (κ1) is 18.4. The molecule has 0 aliphatic carbocycles. The lowest BCUT2D eigenvalue weighted by molar-refractivity contribution is -0.137. The summed E-state index contributed by atoms with van der Waals surface area (Å²) in [5.74, 6) is 0.446. The zero-order valence-electron chi connectivity index (χ0n) is 14.5. The summed E-state index contributed by atoms with van der Waals surface area (Å²) in [6, 6.07) is 9.98. The Balaban J connectivity index is 1.47. The van der Waals surface area contributed by atoms with E-state index in [2.05, 4.69) is 0 Å². The number of benzene rings is 1. The third kappa shape index (κ3) is 4.82. The van der Waals surface area contributed by atoms with Crippen LogP contribution in [0.2, 0.25) is 0 Å². The second-order valence-electron chi connectivity index (χ2n) is 7.35. The zero-order chi connectivity index (χ0) is 17.9. The maximum Gasteiger partial charge on any atom is 0.225 e. The van der Waals surface area contributed by atoms with Gasteiger partial charge >= 0.3 is 0 Å². The van der Waals surface area contributed by atoms with Crippen molar-refractivity contribution < 1.29 is 18.3 Å². The maximum atomic E-state index is 12.6. The summed E-state index contributed by atoms with van der Waals surface area (Å²) in [7, 11) is -2.93. The van der Waals surface area contributed by atoms with Gasteiger partial charge in [0.1, 0.15) is 9.84 Å². The molecule has 0 saturated carbocycles. The molecule has 0 aromatic heterocycles. The normalized spacial score (nSPS) is 23.3. The molecule has 25 heavy (non-hydrogen) atoms. The number of piperidine rings is 1. The molecule has 138 valence electrons. The van der Waals surface area contributed by atoms with Crippen molar-refractivity contribution in [3.8, 4) is 0 Å². The van der Waals surface area contributed by atoms with Crippen LogP contribution in [0.5, 0.6) is 0 Å². The molecule has 2 aliphatic heterocycles. The molecule has 2 saturated heterocycles. The van der Waals surface area contributed by atoms with E-state index < -0.39 is 9.84 Å². The highest BCUT2D eigenvalue weighted by atomic mass is 32.2. The monoisotopic (exact) mass is 365 g/mol. The van der Waals surface area contributed by atoms with Crippen LogP contribution in [0.3, 0.4) is 0 Å². The van der Waals surface area contributed by atoms with E-state index in [9.17, 15) is 18.3 Å². The van der Waals surface area contributed by atoms with Crippen LogP contribution >= 0.6 is 0 Å². The second-order valence-corrected chi connectivity index (χ2v) is 9.65. The van der Waals surface area contributed by atoms with Crippen LogP contribution in [-0.4, -0.2) is 55.0 Å². The summed E-state index contributed by atoms with van der Waals surface area (Å²) >= 11 is 0. The van der Waals surface area contributed by atoms with Gasteiger partial charge in [-0.1, -0.05) is 30.3 Å². The first-order chi connectivity index (χ1) is 11.9. The summed E-state index contributed by atoms with van der Waals surface area (Å²) in [6.07, 6.45) is 2.81. The van der Waals surface area contributed by atoms with Crippen molar-refractivity contribution in [2.75, 3.05) is 24.6 Å². The van der Waals surface area contributed by atoms with Gasteiger partial charge in [0, 0.05) is 19.0 Å². The van der Waals surface area contributed by atoms with Gasteiger partial charge < -0.3 is 10.0 Å². The molecule has 1 aromatic carbocycles. The topological polar surface area (TPSA) is 74.7 Å². The van der Waals surface area contributed by atoms with Gasteiger partial charge in [-0.25, -0.2) is 8.42 Å². The average molecular weight is 365 g/mol. The molecule has 1 atom stereocenters. The highest BCUT2D eigenvalue weighted by molar-refractivity contribution is 7.91. The molecule has 2 heterocycles. The molecule has 0 bridgehead atoms. The van der Waals surface area contributed by atoms with Gasteiger partial charge in [0.25, 0.3) is 0 Å². The van der Waals surface area contributed by atoms with Gasteiger partial charge in [-0.15, -0.1) is 0 Å². The van der Waals surface area contributed by atoms with Crippen molar-refractivity contribution in [1.82, 2.24) is 4.90 Å². The fraction of sp³-hybridized carbons (Fsp3) is 0.632. The van der Waals surface area contributed by atoms with Crippen molar-refractivity contribution in [3.05, 3.63) is 35.9 Å². The van der Waals surface area contributed by atoms with E-state index in [0.717, 1.165) is 18.4 Å². The van der Waals surface area contributed by atoms with Gasteiger partial charge in [-0.3, -0.25) is 4.79 Å². The van der Waals surface area contributed by atoms with Crippen LogP contribution < -0.4 is 0 Å². The van der Waals surface area contributed by atoms with Crippen molar-refractivity contribution in [3.63, 3.8) is 0 Å². The minimum atomic E-state index is -2.93. The highest BCUT2D eigenvalue weighted by Gasteiger charge is 2.34. The second kappa shape index (κ2) is 7.87. The number of amides is 1. The Bertz CT molecular complexity index is 667. The predicted molar refractivity (Wildman–Crippen MR) is 96.8 cm³/mol. The molecule has 0 spiro atoms. The first-order valence-electron chi connectivity index (χ1n) is 9.16. The number of carbonyl (C=O) groups is 1. The van der Waals surface area contributed by atoms with Crippen molar-refractivity contribution in [2.45, 2.75) is 38.2 Å². The molecule has 1 amide bonds. The Morgan fingerprint density at radius 2 is 1.68 bits per heavy atom. The fourth-order valence-electron chi connectivity index (χ4n) is 3.92. The van der Waals surface area contributed by atoms with E-state index in [1.165, 1.54) is 0 Å². The number of aliphatic hydroxyl groups excluding tert-OH is 1. The standard InChI is InChI=1S/C19H27NO4S/c21-18(14-15-4-2-1-3-5-15)16-6-10-20(11-7-16)19(22)17-8-12-25(23,24)13-9-17/h1-5,16-18,21H,6-14H2/t18-/m0/s1. The smallest absolute Gasteiger partial charge is 0.225 e. The zero-order valence-corrected chi connectivity index (χ0v) is 15.3. The molecule has 2 aliphatic rings. The quantitative estimate of drug-likeness (QED) is 0.880. The van der Waals surface area contributed by atoms with Gasteiger partial charge in [0.05, 0.1) is 17.6 Å². The molecule has 5 nitrogen and oxygen atoms in total. The van der Waals surface area contributed by atoms with E-state index in [0.29, 0.717) is 32.4 Å².